The molecule has 0 aliphatic heterocycles. The second-order valence-electron chi connectivity index (χ2n) is 5.45. The van der Waals surface area contributed by atoms with Crippen LogP contribution < -0.4 is 4.72 Å². The maximum Gasteiger partial charge on any atom is 0.266 e. The Morgan fingerprint density at radius 1 is 1.32 bits per heavy atom. The summed E-state index contributed by atoms with van der Waals surface area (Å²) in [5, 5.41) is 1.88. The average Bonchev–Trinajstić information content (AvgIpc) is 2.90. The first-order valence-corrected chi connectivity index (χ1v) is 9.43. The molecule has 1 heterocycles. The fourth-order valence-electron chi connectivity index (χ4n) is 2.25. The van der Waals surface area contributed by atoms with Gasteiger partial charge >= 0.3 is 0 Å². The zero-order chi connectivity index (χ0) is 16.3. The highest BCUT2D eigenvalue weighted by molar-refractivity contribution is 7.93. The Balaban J connectivity index is 2.42. The van der Waals surface area contributed by atoms with Gasteiger partial charge in [-0.15, -0.1) is 11.3 Å². The van der Waals surface area contributed by atoms with Crippen molar-refractivity contribution in [2.45, 2.75) is 38.5 Å². The Bertz CT molecular complexity index is 741. The number of hydrogen-bond acceptors (Lipinski definition) is 4. The SMILES string of the molecule is CCc1cc(S(=O)(=O)Nc2nccs2)c(F)cc1CC(C)C. The standard InChI is InChI=1S/C15H19FN2O2S2/c1-4-11-9-14(13(16)8-12(11)7-10(2)3)22(19,20)18-15-17-5-6-21-15/h5-6,8-10H,4,7H2,1-3H3,(H,17,18). The number of rotatable bonds is 6. The largest absolute Gasteiger partial charge is 0.266 e. The second-order valence-corrected chi connectivity index (χ2v) is 7.99. The molecule has 0 spiro atoms. The third kappa shape index (κ3) is 3.84. The molecule has 2 rings (SSSR count). The van der Waals surface area contributed by atoms with Gasteiger partial charge < -0.3 is 0 Å². The lowest BCUT2D eigenvalue weighted by Crippen LogP contribution is -2.15. The van der Waals surface area contributed by atoms with E-state index in [1.54, 1.807) is 5.38 Å². The number of aryl methyl sites for hydroxylation is 1. The van der Waals surface area contributed by atoms with Gasteiger partial charge in [0.1, 0.15) is 10.7 Å². The van der Waals surface area contributed by atoms with Gasteiger partial charge in [-0.3, -0.25) is 4.72 Å². The molecule has 1 aromatic carbocycles. The number of halogens is 1. The minimum atomic E-state index is -3.97. The molecule has 0 fully saturated rings. The molecule has 0 atom stereocenters. The van der Waals surface area contributed by atoms with Gasteiger partial charge in [0.2, 0.25) is 0 Å². The normalized spacial score (nSPS) is 11.9. The number of anilines is 1. The van der Waals surface area contributed by atoms with Gasteiger partial charge in [-0.2, -0.15) is 0 Å². The minimum absolute atomic E-state index is 0.226. The molecule has 1 N–H and O–H groups in total. The van der Waals surface area contributed by atoms with Gasteiger partial charge in [-0.1, -0.05) is 20.8 Å². The maximum absolute atomic E-state index is 14.3. The predicted octanol–water partition coefficient (Wildman–Crippen LogP) is 3.84. The minimum Gasteiger partial charge on any atom is -0.255 e. The van der Waals surface area contributed by atoms with Crippen molar-refractivity contribution in [3.8, 4) is 0 Å². The molecule has 0 aliphatic carbocycles. The van der Waals surface area contributed by atoms with Gasteiger partial charge in [0.05, 0.1) is 0 Å². The van der Waals surface area contributed by atoms with Crippen LogP contribution in [0.3, 0.4) is 0 Å². The average molecular weight is 342 g/mol. The van der Waals surface area contributed by atoms with Crippen LogP contribution in [-0.2, 0) is 22.9 Å². The lowest BCUT2D eigenvalue weighted by atomic mass is 9.96. The molecule has 0 radical (unpaired) electrons. The smallest absolute Gasteiger partial charge is 0.255 e. The van der Waals surface area contributed by atoms with Crippen molar-refractivity contribution in [2.24, 2.45) is 5.92 Å². The van der Waals surface area contributed by atoms with E-state index in [2.05, 4.69) is 9.71 Å². The lowest BCUT2D eigenvalue weighted by Gasteiger charge is -2.14. The molecule has 1 aromatic heterocycles. The zero-order valence-corrected chi connectivity index (χ0v) is 14.4. The van der Waals surface area contributed by atoms with E-state index in [1.165, 1.54) is 18.3 Å². The summed E-state index contributed by atoms with van der Waals surface area (Å²) in [5.74, 6) is -0.350. The van der Waals surface area contributed by atoms with Gasteiger partial charge in [0, 0.05) is 11.6 Å². The number of aromatic nitrogens is 1. The van der Waals surface area contributed by atoms with Crippen molar-refractivity contribution in [1.29, 1.82) is 0 Å². The van der Waals surface area contributed by atoms with Crippen LogP contribution in [0.2, 0.25) is 0 Å². The molecule has 120 valence electrons. The van der Waals surface area contributed by atoms with Crippen molar-refractivity contribution in [3.63, 3.8) is 0 Å². The summed E-state index contributed by atoms with van der Waals surface area (Å²) in [5.41, 5.74) is 1.72. The van der Waals surface area contributed by atoms with Crippen LogP contribution in [0, 0.1) is 11.7 Å². The molecule has 0 bridgehead atoms. The fraction of sp³-hybridized carbons (Fsp3) is 0.400. The van der Waals surface area contributed by atoms with Gasteiger partial charge in [-0.05, 0) is 42.0 Å². The van der Waals surface area contributed by atoms with Crippen molar-refractivity contribution < 1.29 is 12.8 Å². The van der Waals surface area contributed by atoms with E-state index in [-0.39, 0.29) is 10.0 Å². The molecule has 7 heteroatoms. The van der Waals surface area contributed by atoms with Gasteiger partial charge in [0.15, 0.2) is 5.13 Å². The summed E-state index contributed by atoms with van der Waals surface area (Å²) >= 11 is 1.15. The molecule has 4 nitrogen and oxygen atoms in total. The molecule has 0 saturated heterocycles. The van der Waals surface area contributed by atoms with Crippen LogP contribution in [0.5, 0.6) is 0 Å². The quantitative estimate of drug-likeness (QED) is 0.867. The number of nitrogens with one attached hydrogen (secondary N) is 1. The van der Waals surface area contributed by atoms with E-state index in [0.717, 1.165) is 28.9 Å². The van der Waals surface area contributed by atoms with Crippen molar-refractivity contribution in [3.05, 3.63) is 40.7 Å². The van der Waals surface area contributed by atoms with Crippen molar-refractivity contribution in [2.75, 3.05) is 4.72 Å². The number of hydrogen-bond donors (Lipinski definition) is 1. The predicted molar refractivity (Wildman–Crippen MR) is 87.2 cm³/mol. The second kappa shape index (κ2) is 6.75. The molecule has 22 heavy (non-hydrogen) atoms. The topological polar surface area (TPSA) is 59.1 Å². The summed E-state index contributed by atoms with van der Waals surface area (Å²) in [4.78, 5) is 3.54. The monoisotopic (exact) mass is 342 g/mol. The van der Waals surface area contributed by atoms with E-state index >= 15 is 0 Å². The van der Waals surface area contributed by atoms with E-state index in [9.17, 15) is 12.8 Å². The number of sulfonamides is 1. The van der Waals surface area contributed by atoms with Crippen molar-refractivity contribution >= 4 is 26.5 Å². The Kier molecular flexibility index (Phi) is 5.18. The number of thiazole rings is 1. The van der Waals surface area contributed by atoms with E-state index in [4.69, 9.17) is 0 Å². The van der Waals surface area contributed by atoms with Crippen LogP contribution in [0.4, 0.5) is 9.52 Å². The lowest BCUT2D eigenvalue weighted by molar-refractivity contribution is 0.564. The molecule has 0 saturated carbocycles. The van der Waals surface area contributed by atoms with Gasteiger partial charge in [0.25, 0.3) is 10.0 Å². The van der Waals surface area contributed by atoms with Crippen LogP contribution in [0.15, 0.2) is 28.6 Å². The highest BCUT2D eigenvalue weighted by atomic mass is 32.2. The summed E-state index contributed by atoms with van der Waals surface area (Å²) in [6.45, 7) is 6.03. The molecular weight excluding hydrogens is 323 g/mol. The van der Waals surface area contributed by atoms with E-state index in [1.807, 2.05) is 20.8 Å². The summed E-state index contributed by atoms with van der Waals surface area (Å²) in [6, 6.07) is 2.78. The Morgan fingerprint density at radius 3 is 2.59 bits per heavy atom. The van der Waals surface area contributed by atoms with Gasteiger partial charge in [-0.25, -0.2) is 17.8 Å². The van der Waals surface area contributed by atoms with Crippen LogP contribution >= 0.6 is 11.3 Å². The molecule has 0 aliphatic rings. The maximum atomic E-state index is 14.3. The van der Waals surface area contributed by atoms with E-state index < -0.39 is 15.8 Å². The first kappa shape index (κ1) is 16.9. The van der Waals surface area contributed by atoms with Crippen LogP contribution in [0.1, 0.15) is 31.9 Å². The first-order chi connectivity index (χ1) is 10.3. The number of benzene rings is 1. The fourth-order valence-corrected chi connectivity index (χ4v) is 4.14. The van der Waals surface area contributed by atoms with Crippen LogP contribution in [-0.4, -0.2) is 13.4 Å². The Morgan fingerprint density at radius 2 is 2.05 bits per heavy atom. The summed E-state index contributed by atoms with van der Waals surface area (Å²) in [7, 11) is -3.97. The number of nitrogens with zero attached hydrogens (tertiary/aromatic N) is 1. The van der Waals surface area contributed by atoms with E-state index in [0.29, 0.717) is 12.3 Å². The third-order valence-corrected chi connectivity index (χ3v) is 5.38. The first-order valence-electron chi connectivity index (χ1n) is 7.07. The molecule has 2 aromatic rings. The Labute approximate surface area is 134 Å². The highest BCUT2D eigenvalue weighted by Crippen LogP contribution is 2.25. The molecule has 0 amide bonds. The molecule has 0 unspecified atom stereocenters. The van der Waals surface area contributed by atoms with Crippen molar-refractivity contribution in [1.82, 2.24) is 4.98 Å². The highest BCUT2D eigenvalue weighted by Gasteiger charge is 2.22. The zero-order valence-electron chi connectivity index (χ0n) is 12.8. The summed E-state index contributed by atoms with van der Waals surface area (Å²) < 4.78 is 41.3. The summed E-state index contributed by atoms with van der Waals surface area (Å²) in [6.07, 6.45) is 2.87. The third-order valence-electron chi connectivity index (χ3n) is 3.21. The van der Waals surface area contributed by atoms with Crippen LogP contribution in [0.25, 0.3) is 0 Å². The Hall–Kier alpha value is -1.47. The molecular formula is C15H19FN2O2S2.